The standard InChI is InChI=1S/C19H22N2O2S2/c1-14-4-2-5-15(10-14)12-25-9-3-8-20-19(24)21-16-6-7-17-18(11-16)23-13-22-17/h2,4-7,10-11H,3,8-9,12-13H2,1H3,(H2,20,21,24). The van der Waals surface area contributed by atoms with Gasteiger partial charge in [-0.2, -0.15) is 11.8 Å². The van der Waals surface area contributed by atoms with Gasteiger partial charge in [-0.3, -0.25) is 0 Å². The Balaban J connectivity index is 1.30. The zero-order chi connectivity index (χ0) is 17.5. The van der Waals surface area contributed by atoms with Crippen LogP contribution in [-0.4, -0.2) is 24.2 Å². The van der Waals surface area contributed by atoms with E-state index in [1.54, 1.807) is 0 Å². The SMILES string of the molecule is Cc1cccc(CSCCCNC(=S)Nc2ccc3c(c2)OCO3)c1. The predicted octanol–water partition coefficient (Wildman–Crippen LogP) is 4.33. The van der Waals surface area contributed by atoms with Gasteiger partial charge in [0.2, 0.25) is 6.79 Å². The van der Waals surface area contributed by atoms with E-state index < -0.39 is 0 Å². The van der Waals surface area contributed by atoms with Crippen LogP contribution in [0, 0.1) is 6.92 Å². The van der Waals surface area contributed by atoms with Gasteiger partial charge in [-0.25, -0.2) is 0 Å². The highest BCUT2D eigenvalue weighted by Crippen LogP contribution is 2.34. The highest BCUT2D eigenvalue weighted by molar-refractivity contribution is 7.98. The largest absolute Gasteiger partial charge is 0.454 e. The molecule has 25 heavy (non-hydrogen) atoms. The van der Waals surface area contributed by atoms with E-state index >= 15 is 0 Å². The zero-order valence-electron chi connectivity index (χ0n) is 14.2. The van der Waals surface area contributed by atoms with E-state index in [0.29, 0.717) is 5.11 Å². The summed E-state index contributed by atoms with van der Waals surface area (Å²) in [6, 6.07) is 14.4. The molecule has 0 radical (unpaired) electrons. The molecule has 1 aliphatic heterocycles. The van der Waals surface area contributed by atoms with E-state index in [-0.39, 0.29) is 6.79 Å². The second kappa shape index (κ2) is 8.97. The lowest BCUT2D eigenvalue weighted by Crippen LogP contribution is -2.29. The van der Waals surface area contributed by atoms with Gasteiger partial charge < -0.3 is 20.1 Å². The molecule has 2 aromatic rings. The maximum Gasteiger partial charge on any atom is 0.231 e. The van der Waals surface area contributed by atoms with Crippen molar-refractivity contribution in [2.45, 2.75) is 19.1 Å². The second-order valence-corrected chi connectivity index (χ2v) is 7.36. The van der Waals surface area contributed by atoms with Crippen LogP contribution in [-0.2, 0) is 5.75 Å². The van der Waals surface area contributed by atoms with Gasteiger partial charge in [0.25, 0.3) is 0 Å². The predicted molar refractivity (Wildman–Crippen MR) is 109 cm³/mol. The van der Waals surface area contributed by atoms with Crippen LogP contribution in [0.3, 0.4) is 0 Å². The Bertz CT molecular complexity index is 737. The van der Waals surface area contributed by atoms with Gasteiger partial charge in [-0.15, -0.1) is 0 Å². The molecular formula is C19H22N2O2S2. The number of rotatable bonds is 7. The van der Waals surface area contributed by atoms with Crippen LogP contribution in [0.1, 0.15) is 17.5 Å². The van der Waals surface area contributed by atoms with Gasteiger partial charge in [-0.1, -0.05) is 29.8 Å². The molecular weight excluding hydrogens is 352 g/mol. The molecule has 0 bridgehead atoms. The molecule has 1 heterocycles. The van der Waals surface area contributed by atoms with Crippen LogP contribution in [0.25, 0.3) is 0 Å². The van der Waals surface area contributed by atoms with Crippen molar-refractivity contribution < 1.29 is 9.47 Å². The molecule has 0 fully saturated rings. The molecule has 0 unspecified atom stereocenters. The van der Waals surface area contributed by atoms with E-state index in [0.717, 1.165) is 41.7 Å². The summed E-state index contributed by atoms with van der Waals surface area (Å²) in [4.78, 5) is 0. The van der Waals surface area contributed by atoms with Crippen LogP contribution in [0.4, 0.5) is 5.69 Å². The molecule has 0 spiro atoms. The number of ether oxygens (including phenoxy) is 2. The molecule has 4 nitrogen and oxygen atoms in total. The highest BCUT2D eigenvalue weighted by Gasteiger charge is 2.13. The molecule has 0 amide bonds. The van der Waals surface area contributed by atoms with Gasteiger partial charge in [0.1, 0.15) is 0 Å². The lowest BCUT2D eigenvalue weighted by atomic mass is 10.2. The monoisotopic (exact) mass is 374 g/mol. The number of anilines is 1. The summed E-state index contributed by atoms with van der Waals surface area (Å²) in [5.74, 6) is 3.69. The zero-order valence-corrected chi connectivity index (χ0v) is 15.8. The topological polar surface area (TPSA) is 42.5 Å². The molecule has 132 valence electrons. The van der Waals surface area contributed by atoms with E-state index in [2.05, 4.69) is 41.8 Å². The molecule has 0 atom stereocenters. The summed E-state index contributed by atoms with van der Waals surface area (Å²) >= 11 is 7.28. The number of hydrogen-bond donors (Lipinski definition) is 2. The third-order valence-corrected chi connectivity index (χ3v) is 5.09. The van der Waals surface area contributed by atoms with Crippen LogP contribution in [0.15, 0.2) is 42.5 Å². The number of nitrogens with one attached hydrogen (secondary N) is 2. The van der Waals surface area contributed by atoms with Crippen LogP contribution < -0.4 is 20.1 Å². The summed E-state index contributed by atoms with van der Waals surface area (Å²) < 4.78 is 10.7. The Kier molecular flexibility index (Phi) is 6.42. The molecule has 0 aliphatic carbocycles. The fourth-order valence-electron chi connectivity index (χ4n) is 2.52. The number of thioether (sulfide) groups is 1. The number of benzene rings is 2. The van der Waals surface area contributed by atoms with Crippen molar-refractivity contribution in [2.75, 3.05) is 24.4 Å². The first-order chi connectivity index (χ1) is 12.2. The van der Waals surface area contributed by atoms with Crippen molar-refractivity contribution in [1.82, 2.24) is 5.32 Å². The first-order valence-corrected chi connectivity index (χ1v) is 9.85. The Morgan fingerprint density at radius 1 is 1.16 bits per heavy atom. The van der Waals surface area contributed by atoms with Crippen molar-refractivity contribution in [1.29, 1.82) is 0 Å². The second-order valence-electron chi connectivity index (χ2n) is 5.84. The first kappa shape index (κ1) is 17.9. The van der Waals surface area contributed by atoms with Crippen molar-refractivity contribution in [2.24, 2.45) is 0 Å². The maximum atomic E-state index is 5.36. The summed E-state index contributed by atoms with van der Waals surface area (Å²) in [5, 5.41) is 7.04. The average Bonchev–Trinajstić information content (AvgIpc) is 3.06. The number of hydrogen-bond acceptors (Lipinski definition) is 4. The third-order valence-electron chi connectivity index (χ3n) is 3.73. The molecule has 3 rings (SSSR count). The average molecular weight is 375 g/mol. The van der Waals surface area contributed by atoms with Gasteiger partial charge in [-0.05, 0) is 49.0 Å². The molecule has 2 aromatic carbocycles. The summed E-state index contributed by atoms with van der Waals surface area (Å²) in [7, 11) is 0. The van der Waals surface area contributed by atoms with Gasteiger partial charge >= 0.3 is 0 Å². The Morgan fingerprint density at radius 2 is 2.04 bits per heavy atom. The fraction of sp³-hybridized carbons (Fsp3) is 0.316. The third kappa shape index (κ3) is 5.54. The van der Waals surface area contributed by atoms with Crippen LogP contribution >= 0.6 is 24.0 Å². The minimum absolute atomic E-state index is 0.279. The first-order valence-electron chi connectivity index (χ1n) is 8.28. The molecule has 0 saturated heterocycles. The van der Waals surface area contributed by atoms with Gasteiger partial charge in [0, 0.05) is 24.1 Å². The normalized spacial score (nSPS) is 12.0. The molecule has 2 N–H and O–H groups in total. The van der Waals surface area contributed by atoms with Crippen LogP contribution in [0.5, 0.6) is 11.5 Å². The fourth-order valence-corrected chi connectivity index (χ4v) is 3.65. The number of fused-ring (bicyclic) bond motifs is 1. The van der Waals surface area contributed by atoms with Gasteiger partial charge in [0.05, 0.1) is 0 Å². The van der Waals surface area contributed by atoms with Crippen molar-refractivity contribution in [3.8, 4) is 11.5 Å². The lowest BCUT2D eigenvalue weighted by molar-refractivity contribution is 0.174. The molecule has 0 saturated carbocycles. The summed E-state index contributed by atoms with van der Waals surface area (Å²) in [5.41, 5.74) is 3.60. The Morgan fingerprint density at radius 3 is 2.92 bits per heavy atom. The van der Waals surface area contributed by atoms with Crippen molar-refractivity contribution >= 4 is 34.8 Å². The lowest BCUT2D eigenvalue weighted by Gasteiger charge is -2.11. The van der Waals surface area contributed by atoms with Gasteiger partial charge in [0.15, 0.2) is 16.6 Å². The Labute approximate surface area is 158 Å². The van der Waals surface area contributed by atoms with Crippen molar-refractivity contribution in [3.05, 3.63) is 53.6 Å². The number of aryl methyl sites for hydroxylation is 1. The smallest absolute Gasteiger partial charge is 0.231 e. The van der Waals surface area contributed by atoms with E-state index in [4.69, 9.17) is 21.7 Å². The van der Waals surface area contributed by atoms with E-state index in [9.17, 15) is 0 Å². The number of thiocarbonyl (C=S) groups is 1. The van der Waals surface area contributed by atoms with Crippen molar-refractivity contribution in [3.63, 3.8) is 0 Å². The summed E-state index contributed by atoms with van der Waals surface area (Å²) in [6.45, 7) is 3.27. The quantitative estimate of drug-likeness (QED) is 0.555. The molecule has 6 heteroatoms. The maximum absolute atomic E-state index is 5.36. The minimum atomic E-state index is 0.279. The molecule has 1 aliphatic rings. The highest BCUT2D eigenvalue weighted by atomic mass is 32.2. The molecule has 0 aromatic heterocycles. The minimum Gasteiger partial charge on any atom is -0.454 e. The van der Waals surface area contributed by atoms with E-state index in [1.807, 2.05) is 30.0 Å². The summed E-state index contributed by atoms with van der Waals surface area (Å²) in [6.07, 6.45) is 1.07. The Hall–Kier alpha value is -1.92. The van der Waals surface area contributed by atoms with E-state index in [1.165, 1.54) is 11.1 Å². The van der Waals surface area contributed by atoms with Crippen LogP contribution in [0.2, 0.25) is 0 Å².